The highest BCUT2D eigenvalue weighted by Crippen LogP contribution is 2.51. The molecular formula is C19H21F5O2. The molecule has 26 heavy (non-hydrogen) atoms. The summed E-state index contributed by atoms with van der Waals surface area (Å²) in [5, 5.41) is 0. The number of hydrogen-bond acceptors (Lipinski definition) is 2. The van der Waals surface area contributed by atoms with Gasteiger partial charge in [-0.1, -0.05) is 18.2 Å². The third-order valence-corrected chi connectivity index (χ3v) is 5.35. The van der Waals surface area contributed by atoms with Crippen LogP contribution >= 0.6 is 0 Å². The molecule has 0 heterocycles. The van der Waals surface area contributed by atoms with Gasteiger partial charge in [-0.15, -0.1) is 6.58 Å². The zero-order valence-corrected chi connectivity index (χ0v) is 14.1. The molecule has 0 aromatic heterocycles. The van der Waals surface area contributed by atoms with E-state index < -0.39 is 18.0 Å². The Morgan fingerprint density at radius 3 is 2.08 bits per heavy atom. The second-order valence-corrected chi connectivity index (χ2v) is 7.09. The number of rotatable bonds is 7. The topological polar surface area (TPSA) is 18.5 Å². The van der Waals surface area contributed by atoms with Crippen molar-refractivity contribution in [1.29, 1.82) is 0 Å². The molecule has 2 aliphatic carbocycles. The fraction of sp³-hybridized carbons (Fsp3) is 0.579. The lowest BCUT2D eigenvalue weighted by Crippen LogP contribution is -2.41. The van der Waals surface area contributed by atoms with E-state index in [4.69, 9.17) is 4.74 Å². The van der Waals surface area contributed by atoms with Crippen LogP contribution in [0, 0.1) is 11.8 Å². The van der Waals surface area contributed by atoms with Crippen molar-refractivity contribution in [3.63, 3.8) is 0 Å². The van der Waals surface area contributed by atoms with Crippen molar-refractivity contribution >= 4 is 0 Å². The molecule has 3 rings (SSSR count). The molecule has 0 amide bonds. The molecule has 0 bridgehead atoms. The first-order chi connectivity index (χ1) is 12.2. The summed E-state index contributed by atoms with van der Waals surface area (Å²) in [6, 6.07) is 5.48. The van der Waals surface area contributed by atoms with E-state index >= 15 is 0 Å². The smallest absolute Gasteiger partial charge is 0.426 e. The van der Waals surface area contributed by atoms with Gasteiger partial charge in [-0.2, -0.15) is 22.0 Å². The zero-order valence-electron chi connectivity index (χ0n) is 14.1. The number of ether oxygens (including phenoxy) is 2. The second-order valence-electron chi connectivity index (χ2n) is 7.09. The van der Waals surface area contributed by atoms with Crippen LogP contribution in [0.4, 0.5) is 22.0 Å². The molecule has 1 aromatic carbocycles. The van der Waals surface area contributed by atoms with Crippen LogP contribution in [0.15, 0.2) is 36.9 Å². The lowest BCUT2D eigenvalue weighted by molar-refractivity contribution is -0.360. The molecule has 2 saturated carbocycles. The van der Waals surface area contributed by atoms with Gasteiger partial charge < -0.3 is 9.47 Å². The minimum Gasteiger partial charge on any atom is -0.426 e. The maximum Gasteiger partial charge on any atom is 0.499 e. The predicted octanol–water partition coefficient (Wildman–Crippen LogP) is 5.70. The Bertz CT molecular complexity index is 614. The van der Waals surface area contributed by atoms with E-state index in [-0.39, 0.29) is 0 Å². The van der Waals surface area contributed by atoms with Gasteiger partial charge in [0.05, 0.1) is 12.7 Å². The molecule has 0 saturated heterocycles. The number of benzene rings is 1. The van der Waals surface area contributed by atoms with Crippen molar-refractivity contribution in [3.8, 4) is 5.75 Å². The van der Waals surface area contributed by atoms with Crippen LogP contribution in [-0.4, -0.2) is 25.0 Å². The van der Waals surface area contributed by atoms with Gasteiger partial charge in [0.1, 0.15) is 5.75 Å². The molecule has 0 radical (unpaired) electrons. The van der Waals surface area contributed by atoms with Crippen LogP contribution in [0.3, 0.4) is 0 Å². The zero-order chi connectivity index (χ0) is 18.9. The van der Waals surface area contributed by atoms with Crippen LogP contribution in [0.1, 0.15) is 37.2 Å². The highest BCUT2D eigenvalue weighted by molar-refractivity contribution is 5.31. The lowest BCUT2D eigenvalue weighted by Gasteiger charge is -2.47. The van der Waals surface area contributed by atoms with E-state index in [1.54, 1.807) is 18.2 Å². The molecule has 144 valence electrons. The van der Waals surface area contributed by atoms with Gasteiger partial charge in [0.2, 0.25) is 0 Å². The Kier molecular flexibility index (Phi) is 5.28. The van der Waals surface area contributed by atoms with Gasteiger partial charge in [0.25, 0.3) is 0 Å². The standard InChI is InChI=1S/C19H21F5O2/c1-2-7-25-17-10-15(11-17)14-8-13(9-14)12-3-5-16(6-4-12)26-19(23,24)18(20,21)22/h2-6,13-15,17H,1,7-11H2. The van der Waals surface area contributed by atoms with Gasteiger partial charge in [0.15, 0.2) is 0 Å². The van der Waals surface area contributed by atoms with Gasteiger partial charge in [-0.25, -0.2) is 0 Å². The molecule has 0 N–H and O–H groups in total. The Labute approximate surface area is 149 Å². The van der Waals surface area contributed by atoms with Gasteiger partial charge in [0, 0.05) is 0 Å². The normalized spacial score (nSPS) is 28.8. The van der Waals surface area contributed by atoms with E-state index in [0.717, 1.165) is 31.2 Å². The van der Waals surface area contributed by atoms with Gasteiger partial charge in [-0.05, 0) is 61.1 Å². The molecule has 1 aromatic rings. The van der Waals surface area contributed by atoms with Crippen molar-refractivity contribution < 1.29 is 31.4 Å². The average Bonchev–Trinajstić information content (AvgIpc) is 2.47. The summed E-state index contributed by atoms with van der Waals surface area (Å²) < 4.78 is 71.6. The molecule has 2 aliphatic rings. The van der Waals surface area contributed by atoms with E-state index in [0.29, 0.717) is 30.5 Å². The third kappa shape index (κ3) is 4.03. The average molecular weight is 376 g/mol. The van der Waals surface area contributed by atoms with Crippen LogP contribution in [0.25, 0.3) is 0 Å². The maximum absolute atomic E-state index is 12.9. The minimum atomic E-state index is -5.73. The van der Waals surface area contributed by atoms with Crippen LogP contribution in [0.5, 0.6) is 5.75 Å². The van der Waals surface area contributed by atoms with Crippen molar-refractivity contribution in [3.05, 3.63) is 42.5 Å². The Morgan fingerprint density at radius 2 is 1.54 bits per heavy atom. The van der Waals surface area contributed by atoms with E-state index in [2.05, 4.69) is 11.3 Å². The van der Waals surface area contributed by atoms with Gasteiger partial charge >= 0.3 is 12.3 Å². The quantitative estimate of drug-likeness (QED) is 0.449. The Hall–Kier alpha value is -1.63. The SMILES string of the molecule is C=CCOC1CC(C2CC(c3ccc(OC(F)(F)C(F)(F)F)cc3)C2)C1. The monoisotopic (exact) mass is 376 g/mol. The molecule has 0 unspecified atom stereocenters. The van der Waals surface area contributed by atoms with Crippen molar-refractivity contribution in [2.45, 2.75) is 50.0 Å². The van der Waals surface area contributed by atoms with Crippen LogP contribution < -0.4 is 4.74 Å². The third-order valence-electron chi connectivity index (χ3n) is 5.35. The molecule has 0 aliphatic heterocycles. The van der Waals surface area contributed by atoms with Gasteiger partial charge in [-0.3, -0.25) is 0 Å². The Morgan fingerprint density at radius 1 is 0.962 bits per heavy atom. The largest absolute Gasteiger partial charge is 0.499 e. The first-order valence-electron chi connectivity index (χ1n) is 8.65. The number of hydrogen-bond donors (Lipinski definition) is 0. The molecule has 2 nitrogen and oxygen atoms in total. The fourth-order valence-electron chi connectivity index (χ4n) is 3.66. The molecule has 2 fully saturated rings. The van der Waals surface area contributed by atoms with E-state index in [1.807, 2.05) is 0 Å². The summed E-state index contributed by atoms with van der Waals surface area (Å²) in [4.78, 5) is 0. The highest BCUT2D eigenvalue weighted by atomic mass is 19.4. The first kappa shape index (κ1) is 19.1. The minimum absolute atomic E-state index is 0.323. The fourth-order valence-corrected chi connectivity index (χ4v) is 3.66. The van der Waals surface area contributed by atoms with Crippen molar-refractivity contribution in [2.75, 3.05) is 6.61 Å². The summed E-state index contributed by atoms with van der Waals surface area (Å²) in [6.07, 6.45) is -4.72. The number of alkyl halides is 5. The molecular weight excluding hydrogens is 355 g/mol. The number of halogens is 5. The highest BCUT2D eigenvalue weighted by Gasteiger charge is 2.61. The van der Waals surface area contributed by atoms with Crippen molar-refractivity contribution in [2.24, 2.45) is 11.8 Å². The Balaban J connectivity index is 1.46. The summed E-state index contributed by atoms with van der Waals surface area (Å²) in [6.45, 7) is 4.20. The van der Waals surface area contributed by atoms with E-state index in [9.17, 15) is 22.0 Å². The van der Waals surface area contributed by atoms with Crippen LogP contribution in [-0.2, 0) is 4.74 Å². The predicted molar refractivity (Wildman–Crippen MR) is 86.2 cm³/mol. The van der Waals surface area contributed by atoms with Crippen LogP contribution in [0.2, 0.25) is 0 Å². The van der Waals surface area contributed by atoms with E-state index in [1.165, 1.54) is 12.1 Å². The lowest BCUT2D eigenvalue weighted by atomic mass is 9.60. The maximum atomic E-state index is 12.9. The molecule has 7 heteroatoms. The summed E-state index contributed by atoms with van der Waals surface area (Å²) in [5.41, 5.74) is 0.947. The van der Waals surface area contributed by atoms with Crippen molar-refractivity contribution in [1.82, 2.24) is 0 Å². The summed E-state index contributed by atoms with van der Waals surface area (Å²) in [5.74, 6) is 1.13. The molecule has 0 spiro atoms. The first-order valence-corrected chi connectivity index (χ1v) is 8.65. The summed E-state index contributed by atoms with van der Waals surface area (Å²) in [7, 11) is 0. The summed E-state index contributed by atoms with van der Waals surface area (Å²) >= 11 is 0. The molecule has 0 atom stereocenters. The second kappa shape index (κ2) is 7.18.